The summed E-state index contributed by atoms with van der Waals surface area (Å²) in [7, 11) is 0. The van der Waals surface area contributed by atoms with Crippen LogP contribution in [0.5, 0.6) is 0 Å². The Labute approximate surface area is 129 Å². The van der Waals surface area contributed by atoms with Crippen LogP contribution in [-0.2, 0) is 0 Å². The maximum atomic E-state index is 10.8. The maximum absolute atomic E-state index is 10.8. The molecule has 4 atom stereocenters. The SMILES string of the molecule is Cc1ccc(C(O)C(C)N2CCCC3CCCCC32)cc1. The van der Waals surface area contributed by atoms with Crippen LogP contribution in [0.25, 0.3) is 0 Å². The first kappa shape index (κ1) is 15.1. The summed E-state index contributed by atoms with van der Waals surface area (Å²) in [6, 6.07) is 9.30. The fourth-order valence-electron chi connectivity index (χ4n) is 4.39. The number of rotatable bonds is 3. The van der Waals surface area contributed by atoms with E-state index in [2.05, 4.69) is 43.0 Å². The van der Waals surface area contributed by atoms with Crippen molar-refractivity contribution >= 4 is 0 Å². The molecule has 1 saturated heterocycles. The number of aryl methyl sites for hydroxylation is 1. The summed E-state index contributed by atoms with van der Waals surface area (Å²) < 4.78 is 0. The van der Waals surface area contributed by atoms with Gasteiger partial charge < -0.3 is 5.11 Å². The molecule has 1 aromatic carbocycles. The highest BCUT2D eigenvalue weighted by atomic mass is 16.3. The van der Waals surface area contributed by atoms with Crippen molar-refractivity contribution in [1.29, 1.82) is 0 Å². The third-order valence-corrected chi connectivity index (χ3v) is 5.69. The van der Waals surface area contributed by atoms with Gasteiger partial charge in [0.15, 0.2) is 0 Å². The molecule has 0 radical (unpaired) electrons. The third-order valence-electron chi connectivity index (χ3n) is 5.69. The fourth-order valence-corrected chi connectivity index (χ4v) is 4.39. The van der Waals surface area contributed by atoms with Crippen molar-refractivity contribution in [2.45, 2.75) is 70.6 Å². The van der Waals surface area contributed by atoms with Crippen LogP contribution in [0.4, 0.5) is 0 Å². The first-order valence-corrected chi connectivity index (χ1v) is 8.67. The number of hydrogen-bond acceptors (Lipinski definition) is 2. The maximum Gasteiger partial charge on any atom is 0.0942 e. The van der Waals surface area contributed by atoms with Crippen molar-refractivity contribution < 1.29 is 5.11 Å². The van der Waals surface area contributed by atoms with Crippen LogP contribution in [0.1, 0.15) is 62.7 Å². The van der Waals surface area contributed by atoms with Crippen LogP contribution in [0.3, 0.4) is 0 Å². The van der Waals surface area contributed by atoms with E-state index >= 15 is 0 Å². The van der Waals surface area contributed by atoms with Crippen LogP contribution in [0, 0.1) is 12.8 Å². The average molecular weight is 287 g/mol. The molecule has 1 saturated carbocycles. The molecule has 1 aromatic rings. The molecule has 2 fully saturated rings. The van der Waals surface area contributed by atoms with Gasteiger partial charge in [-0.25, -0.2) is 0 Å². The van der Waals surface area contributed by atoms with Crippen molar-refractivity contribution in [2.75, 3.05) is 6.54 Å². The van der Waals surface area contributed by atoms with Gasteiger partial charge in [-0.2, -0.15) is 0 Å². The van der Waals surface area contributed by atoms with E-state index in [1.54, 1.807) is 0 Å². The van der Waals surface area contributed by atoms with Gasteiger partial charge in [0, 0.05) is 12.1 Å². The second kappa shape index (κ2) is 6.50. The molecule has 1 aliphatic carbocycles. The number of fused-ring (bicyclic) bond motifs is 1. The van der Waals surface area contributed by atoms with Gasteiger partial charge in [0.2, 0.25) is 0 Å². The number of likely N-dealkylation sites (tertiary alicyclic amines) is 1. The lowest BCUT2D eigenvalue weighted by Gasteiger charge is -2.48. The van der Waals surface area contributed by atoms with Gasteiger partial charge in [-0.15, -0.1) is 0 Å². The van der Waals surface area contributed by atoms with E-state index < -0.39 is 0 Å². The Balaban J connectivity index is 1.73. The van der Waals surface area contributed by atoms with Gasteiger partial charge in [0.25, 0.3) is 0 Å². The summed E-state index contributed by atoms with van der Waals surface area (Å²) in [5.41, 5.74) is 2.31. The molecule has 1 heterocycles. The lowest BCUT2D eigenvalue weighted by molar-refractivity contribution is -0.0208. The zero-order valence-corrected chi connectivity index (χ0v) is 13.5. The predicted octanol–water partition coefficient (Wildman–Crippen LogP) is 4.07. The van der Waals surface area contributed by atoms with Crippen molar-refractivity contribution in [3.8, 4) is 0 Å². The molecule has 116 valence electrons. The molecule has 2 heteroatoms. The lowest BCUT2D eigenvalue weighted by atomic mass is 9.77. The Morgan fingerprint density at radius 1 is 1.05 bits per heavy atom. The fraction of sp³-hybridized carbons (Fsp3) is 0.684. The van der Waals surface area contributed by atoms with Gasteiger partial charge in [-0.1, -0.05) is 42.7 Å². The minimum atomic E-state index is -0.369. The van der Waals surface area contributed by atoms with E-state index in [0.717, 1.165) is 18.0 Å². The number of aliphatic hydroxyl groups excluding tert-OH is 1. The predicted molar refractivity (Wildman–Crippen MR) is 87.3 cm³/mol. The molecular weight excluding hydrogens is 258 g/mol. The number of aliphatic hydroxyl groups is 1. The topological polar surface area (TPSA) is 23.5 Å². The van der Waals surface area contributed by atoms with Crippen molar-refractivity contribution in [2.24, 2.45) is 5.92 Å². The van der Waals surface area contributed by atoms with Gasteiger partial charge in [-0.3, -0.25) is 4.90 Å². The smallest absolute Gasteiger partial charge is 0.0942 e. The molecule has 4 unspecified atom stereocenters. The number of hydrogen-bond donors (Lipinski definition) is 1. The molecule has 3 rings (SSSR count). The third kappa shape index (κ3) is 3.17. The molecule has 21 heavy (non-hydrogen) atoms. The molecule has 1 aliphatic heterocycles. The number of benzene rings is 1. The Hall–Kier alpha value is -0.860. The van der Waals surface area contributed by atoms with Crippen LogP contribution in [-0.4, -0.2) is 28.6 Å². The van der Waals surface area contributed by atoms with Crippen LogP contribution in [0.15, 0.2) is 24.3 Å². The zero-order valence-electron chi connectivity index (χ0n) is 13.5. The zero-order chi connectivity index (χ0) is 14.8. The quantitative estimate of drug-likeness (QED) is 0.906. The van der Waals surface area contributed by atoms with Gasteiger partial charge in [-0.05, 0) is 57.6 Å². The van der Waals surface area contributed by atoms with Crippen molar-refractivity contribution in [3.63, 3.8) is 0 Å². The van der Waals surface area contributed by atoms with E-state index in [0.29, 0.717) is 6.04 Å². The largest absolute Gasteiger partial charge is 0.387 e. The first-order chi connectivity index (χ1) is 10.2. The highest BCUT2D eigenvalue weighted by Crippen LogP contribution is 2.38. The van der Waals surface area contributed by atoms with E-state index in [1.807, 2.05) is 0 Å². The second-order valence-electron chi connectivity index (χ2n) is 7.09. The van der Waals surface area contributed by atoms with Gasteiger partial charge in [0.05, 0.1) is 6.10 Å². The summed E-state index contributed by atoms with van der Waals surface area (Å²) >= 11 is 0. The molecular formula is C19H29NO. The minimum absolute atomic E-state index is 0.221. The van der Waals surface area contributed by atoms with Crippen molar-refractivity contribution in [3.05, 3.63) is 35.4 Å². The first-order valence-electron chi connectivity index (χ1n) is 8.67. The Morgan fingerprint density at radius 2 is 1.71 bits per heavy atom. The van der Waals surface area contributed by atoms with Crippen LogP contribution in [0.2, 0.25) is 0 Å². The number of nitrogens with zero attached hydrogens (tertiary/aromatic N) is 1. The summed E-state index contributed by atoms with van der Waals surface area (Å²) in [6.45, 7) is 5.46. The summed E-state index contributed by atoms with van der Waals surface area (Å²) in [6.07, 6.45) is 7.82. The van der Waals surface area contributed by atoms with E-state index in [9.17, 15) is 5.11 Å². The Kier molecular flexibility index (Phi) is 4.66. The summed E-state index contributed by atoms with van der Waals surface area (Å²) in [5, 5.41) is 10.8. The van der Waals surface area contributed by atoms with Crippen LogP contribution >= 0.6 is 0 Å². The molecule has 0 bridgehead atoms. The van der Waals surface area contributed by atoms with E-state index in [-0.39, 0.29) is 12.1 Å². The number of piperidine rings is 1. The highest BCUT2D eigenvalue weighted by molar-refractivity contribution is 5.24. The average Bonchev–Trinajstić information content (AvgIpc) is 2.53. The molecule has 0 spiro atoms. The van der Waals surface area contributed by atoms with E-state index in [1.165, 1.54) is 44.1 Å². The summed E-state index contributed by atoms with van der Waals surface area (Å²) in [5.74, 6) is 0.875. The minimum Gasteiger partial charge on any atom is -0.387 e. The van der Waals surface area contributed by atoms with Gasteiger partial charge >= 0.3 is 0 Å². The second-order valence-corrected chi connectivity index (χ2v) is 7.09. The van der Waals surface area contributed by atoms with Crippen LogP contribution < -0.4 is 0 Å². The van der Waals surface area contributed by atoms with Crippen molar-refractivity contribution in [1.82, 2.24) is 4.90 Å². The highest BCUT2D eigenvalue weighted by Gasteiger charge is 2.37. The molecule has 2 aliphatic rings. The molecule has 0 aromatic heterocycles. The monoisotopic (exact) mass is 287 g/mol. The Morgan fingerprint density at radius 3 is 2.48 bits per heavy atom. The standard InChI is InChI=1S/C19H29NO/c1-14-9-11-17(12-10-14)19(21)15(2)20-13-5-7-16-6-3-4-8-18(16)20/h9-12,15-16,18-19,21H,3-8,13H2,1-2H3. The lowest BCUT2D eigenvalue weighted by Crippen LogP contribution is -2.52. The Bertz CT molecular complexity index is 453. The molecule has 2 nitrogen and oxygen atoms in total. The van der Waals surface area contributed by atoms with Gasteiger partial charge in [0.1, 0.15) is 0 Å². The molecule has 1 N–H and O–H groups in total. The normalized spacial score (nSPS) is 29.7. The molecule has 0 amide bonds. The summed E-state index contributed by atoms with van der Waals surface area (Å²) in [4.78, 5) is 2.61. The van der Waals surface area contributed by atoms with E-state index in [4.69, 9.17) is 0 Å².